The molecule has 0 spiro atoms. The van der Waals surface area contributed by atoms with E-state index in [2.05, 4.69) is 0 Å². The Morgan fingerprint density at radius 3 is 1.44 bits per heavy atom. The van der Waals surface area contributed by atoms with Crippen molar-refractivity contribution in [3.8, 4) is 0 Å². The van der Waals surface area contributed by atoms with Crippen LogP contribution in [-0.4, -0.2) is 13.2 Å². The van der Waals surface area contributed by atoms with Gasteiger partial charge in [-0.2, -0.15) is 0 Å². The second kappa shape index (κ2) is 10.9. The van der Waals surface area contributed by atoms with E-state index in [9.17, 15) is 0 Å². The van der Waals surface area contributed by atoms with Crippen LogP contribution in [-0.2, 0) is 4.74 Å². The highest BCUT2D eigenvalue weighted by Gasteiger charge is 1.94. The molecule has 0 aromatic heterocycles. The van der Waals surface area contributed by atoms with Gasteiger partial charge in [0.05, 0.1) is 0 Å². The Morgan fingerprint density at radius 2 is 1.33 bits per heavy atom. The van der Waals surface area contributed by atoms with E-state index in [0.29, 0.717) is 0 Å². The second-order valence-corrected chi connectivity index (χ2v) is 1.67. The van der Waals surface area contributed by atoms with Crippen LogP contribution in [0.2, 0.25) is 0 Å². The van der Waals surface area contributed by atoms with Gasteiger partial charge < -0.3 is 4.74 Å². The Bertz CT molecular complexity index is 20.0. The molecule has 0 atom stereocenters. The highest BCUT2D eigenvalue weighted by atomic mass is 16.5. The summed E-state index contributed by atoms with van der Waals surface area (Å²) >= 11 is 0. The second-order valence-electron chi connectivity index (χ2n) is 1.67. The van der Waals surface area contributed by atoms with Gasteiger partial charge in [-0.1, -0.05) is 21.3 Å². The van der Waals surface area contributed by atoms with Crippen molar-refractivity contribution in [2.45, 2.75) is 40.5 Å². The predicted molar refractivity (Wildman–Crippen MR) is 42.7 cm³/mol. The number of ether oxygens (including phenoxy) is 1. The molecule has 0 bridgehead atoms. The third-order valence-electron chi connectivity index (χ3n) is 1.08. The molecule has 58 valence electrons. The van der Waals surface area contributed by atoms with Gasteiger partial charge in [0.15, 0.2) is 0 Å². The van der Waals surface area contributed by atoms with Gasteiger partial charge in [-0.15, -0.1) is 0 Å². The van der Waals surface area contributed by atoms with Crippen molar-refractivity contribution in [2.24, 2.45) is 0 Å². The molecule has 1 aliphatic heterocycles. The van der Waals surface area contributed by atoms with Gasteiger partial charge in [0.25, 0.3) is 0 Å². The Labute approximate surface area is 59.4 Å². The number of hydrogen-bond acceptors (Lipinski definition) is 1. The van der Waals surface area contributed by atoms with Crippen molar-refractivity contribution in [2.75, 3.05) is 13.2 Å². The summed E-state index contributed by atoms with van der Waals surface area (Å²) in [5.41, 5.74) is 0. The summed E-state index contributed by atoms with van der Waals surface area (Å²) in [6, 6.07) is 0. The topological polar surface area (TPSA) is 9.23 Å². The molecular formula is C8H20O. The molecule has 9 heavy (non-hydrogen) atoms. The third kappa shape index (κ3) is 7.96. The van der Waals surface area contributed by atoms with E-state index in [1.807, 2.05) is 13.8 Å². The molecule has 0 saturated carbocycles. The summed E-state index contributed by atoms with van der Waals surface area (Å²) in [6.07, 6.45) is 3.93. The first-order valence-electron chi connectivity index (χ1n) is 3.58. The summed E-state index contributed by atoms with van der Waals surface area (Å²) in [4.78, 5) is 0. The van der Waals surface area contributed by atoms with E-state index in [1.165, 1.54) is 19.3 Å². The zero-order valence-corrected chi connectivity index (χ0v) is 5.94. The van der Waals surface area contributed by atoms with E-state index in [1.54, 1.807) is 0 Å². The van der Waals surface area contributed by atoms with E-state index in [4.69, 9.17) is 4.74 Å². The van der Waals surface area contributed by atoms with Crippen LogP contribution >= 0.6 is 0 Å². The molecule has 1 heterocycles. The largest absolute Gasteiger partial charge is 0.381 e. The van der Waals surface area contributed by atoms with Gasteiger partial charge in [-0.3, -0.25) is 0 Å². The SMILES string of the molecule is C.C1CCOCC1.CC. The highest BCUT2D eigenvalue weighted by molar-refractivity contribution is 4.45. The van der Waals surface area contributed by atoms with Crippen LogP contribution in [0.4, 0.5) is 0 Å². The summed E-state index contributed by atoms with van der Waals surface area (Å²) in [7, 11) is 0. The van der Waals surface area contributed by atoms with Crippen molar-refractivity contribution in [3.05, 3.63) is 0 Å². The molecule has 1 rings (SSSR count). The fourth-order valence-corrected chi connectivity index (χ4v) is 0.687. The number of hydrogen-bond donors (Lipinski definition) is 0. The van der Waals surface area contributed by atoms with Gasteiger partial charge in [-0.05, 0) is 19.3 Å². The predicted octanol–water partition coefficient (Wildman–Crippen LogP) is 2.85. The molecule has 1 fully saturated rings. The highest BCUT2D eigenvalue weighted by Crippen LogP contribution is 2.02. The maximum Gasteiger partial charge on any atom is 0.0466 e. The average molecular weight is 132 g/mol. The lowest BCUT2D eigenvalue weighted by Crippen LogP contribution is -2.03. The number of rotatable bonds is 0. The summed E-state index contributed by atoms with van der Waals surface area (Å²) in [6.45, 7) is 6.00. The van der Waals surface area contributed by atoms with Crippen LogP contribution in [0.15, 0.2) is 0 Å². The normalized spacial score (nSPS) is 16.7. The Balaban J connectivity index is 0. The molecule has 0 aromatic rings. The van der Waals surface area contributed by atoms with Crippen LogP contribution in [0.1, 0.15) is 40.5 Å². The minimum atomic E-state index is 0. The molecule has 1 heteroatoms. The maximum absolute atomic E-state index is 5.07. The Kier molecular flexibility index (Phi) is 14.1. The van der Waals surface area contributed by atoms with Crippen LogP contribution in [0.3, 0.4) is 0 Å². The van der Waals surface area contributed by atoms with Crippen molar-refractivity contribution in [1.29, 1.82) is 0 Å². The van der Waals surface area contributed by atoms with E-state index < -0.39 is 0 Å². The summed E-state index contributed by atoms with van der Waals surface area (Å²) in [5.74, 6) is 0. The third-order valence-corrected chi connectivity index (χ3v) is 1.08. The Hall–Kier alpha value is -0.0400. The smallest absolute Gasteiger partial charge is 0.0466 e. The first kappa shape index (κ1) is 11.7. The van der Waals surface area contributed by atoms with Gasteiger partial charge >= 0.3 is 0 Å². The summed E-state index contributed by atoms with van der Waals surface area (Å²) < 4.78 is 5.07. The van der Waals surface area contributed by atoms with Crippen molar-refractivity contribution in [3.63, 3.8) is 0 Å². The quantitative estimate of drug-likeness (QED) is 0.492. The van der Waals surface area contributed by atoms with E-state index in [0.717, 1.165) is 13.2 Å². The fraction of sp³-hybridized carbons (Fsp3) is 1.00. The lowest BCUT2D eigenvalue weighted by molar-refractivity contribution is 0.0968. The summed E-state index contributed by atoms with van der Waals surface area (Å²) in [5, 5.41) is 0. The zero-order chi connectivity index (χ0) is 6.24. The average Bonchev–Trinajstić information content (AvgIpc) is 1.96. The molecule has 0 radical (unpaired) electrons. The molecule has 0 unspecified atom stereocenters. The Morgan fingerprint density at radius 1 is 0.889 bits per heavy atom. The molecule has 0 aromatic carbocycles. The molecule has 1 saturated heterocycles. The standard InChI is InChI=1S/C5H10O.C2H6.CH4/c1-2-4-6-5-3-1;1-2;/h1-5H2;1-2H3;1H4. The van der Waals surface area contributed by atoms with E-state index >= 15 is 0 Å². The van der Waals surface area contributed by atoms with Crippen LogP contribution < -0.4 is 0 Å². The van der Waals surface area contributed by atoms with Gasteiger partial charge in [0, 0.05) is 13.2 Å². The van der Waals surface area contributed by atoms with Gasteiger partial charge in [0.1, 0.15) is 0 Å². The van der Waals surface area contributed by atoms with Crippen molar-refractivity contribution >= 4 is 0 Å². The van der Waals surface area contributed by atoms with Crippen LogP contribution in [0.25, 0.3) is 0 Å². The molecule has 0 amide bonds. The van der Waals surface area contributed by atoms with E-state index in [-0.39, 0.29) is 7.43 Å². The minimum Gasteiger partial charge on any atom is -0.381 e. The lowest BCUT2D eigenvalue weighted by atomic mass is 10.2. The maximum atomic E-state index is 5.07. The molecule has 0 N–H and O–H groups in total. The molecule has 1 aliphatic rings. The molecular weight excluding hydrogens is 112 g/mol. The van der Waals surface area contributed by atoms with Gasteiger partial charge in [0.2, 0.25) is 0 Å². The fourth-order valence-electron chi connectivity index (χ4n) is 0.687. The minimum absolute atomic E-state index is 0. The molecule has 1 nitrogen and oxygen atoms in total. The van der Waals surface area contributed by atoms with Crippen molar-refractivity contribution in [1.82, 2.24) is 0 Å². The zero-order valence-electron chi connectivity index (χ0n) is 5.94. The first-order chi connectivity index (χ1) is 4.00. The molecule has 0 aliphatic carbocycles. The van der Waals surface area contributed by atoms with Crippen LogP contribution in [0.5, 0.6) is 0 Å². The lowest BCUT2D eigenvalue weighted by Gasteiger charge is -2.08. The first-order valence-corrected chi connectivity index (χ1v) is 3.58. The van der Waals surface area contributed by atoms with Gasteiger partial charge in [-0.25, -0.2) is 0 Å². The van der Waals surface area contributed by atoms with Crippen LogP contribution in [0, 0.1) is 0 Å². The monoisotopic (exact) mass is 132 g/mol. The van der Waals surface area contributed by atoms with Crippen molar-refractivity contribution < 1.29 is 4.74 Å².